The fourth-order valence-corrected chi connectivity index (χ4v) is 2.81. The molecule has 0 aliphatic carbocycles. The average molecular weight is 233 g/mol. The Kier molecular flexibility index (Phi) is 7.44. The van der Waals surface area contributed by atoms with Crippen LogP contribution in [-0.4, -0.2) is 43.6 Å². The van der Waals surface area contributed by atoms with Gasteiger partial charge < -0.3 is 14.8 Å². The van der Waals surface area contributed by atoms with Crippen molar-refractivity contribution < 1.29 is 9.47 Å². The molecule has 0 unspecified atom stereocenters. The zero-order valence-corrected chi connectivity index (χ0v) is 10.6. The topological polar surface area (TPSA) is 30.5 Å². The van der Waals surface area contributed by atoms with Crippen LogP contribution in [0.15, 0.2) is 0 Å². The Hall–Kier alpha value is 0.230. The molecule has 3 nitrogen and oxygen atoms in total. The zero-order chi connectivity index (χ0) is 10.9. The van der Waals surface area contributed by atoms with Gasteiger partial charge in [-0.1, -0.05) is 0 Å². The first-order valence-electron chi connectivity index (χ1n) is 5.91. The summed E-state index contributed by atoms with van der Waals surface area (Å²) in [4.78, 5) is 0. The third-order valence-electron chi connectivity index (χ3n) is 2.50. The van der Waals surface area contributed by atoms with Crippen LogP contribution >= 0.6 is 11.8 Å². The minimum atomic E-state index is -0.0745. The normalized spacial score (nSPS) is 18.6. The van der Waals surface area contributed by atoms with Crippen molar-refractivity contribution >= 4 is 11.8 Å². The smallest absolute Gasteiger partial charge is 0.169 e. The fourth-order valence-electron chi connectivity index (χ4n) is 1.70. The third-order valence-corrected chi connectivity index (χ3v) is 3.55. The van der Waals surface area contributed by atoms with Crippen molar-refractivity contribution in [1.82, 2.24) is 5.32 Å². The van der Waals surface area contributed by atoms with Crippen LogP contribution in [0.1, 0.15) is 26.7 Å². The second kappa shape index (κ2) is 8.39. The highest BCUT2D eigenvalue weighted by Crippen LogP contribution is 2.16. The fraction of sp³-hybridized carbons (Fsp3) is 1.00. The molecule has 15 heavy (non-hydrogen) atoms. The molecule has 0 saturated carbocycles. The van der Waals surface area contributed by atoms with E-state index in [1.165, 1.54) is 24.3 Å². The summed E-state index contributed by atoms with van der Waals surface area (Å²) in [5.74, 6) is 2.57. The summed E-state index contributed by atoms with van der Waals surface area (Å²) < 4.78 is 11.0. The first kappa shape index (κ1) is 13.3. The predicted octanol–water partition coefficient (Wildman–Crippen LogP) is 1.87. The molecule has 1 rings (SSSR count). The molecule has 0 amide bonds. The number of nitrogens with one attached hydrogen (secondary N) is 1. The molecule has 0 atom stereocenters. The van der Waals surface area contributed by atoms with Gasteiger partial charge in [0.1, 0.15) is 0 Å². The lowest BCUT2D eigenvalue weighted by Crippen LogP contribution is -2.39. The van der Waals surface area contributed by atoms with Gasteiger partial charge in [-0.2, -0.15) is 11.8 Å². The van der Waals surface area contributed by atoms with Gasteiger partial charge >= 0.3 is 0 Å². The summed E-state index contributed by atoms with van der Waals surface area (Å²) in [6.07, 6.45) is 2.47. The van der Waals surface area contributed by atoms with Gasteiger partial charge in [-0.05, 0) is 38.2 Å². The van der Waals surface area contributed by atoms with Crippen molar-refractivity contribution in [2.45, 2.75) is 39.0 Å². The van der Waals surface area contributed by atoms with Crippen molar-refractivity contribution in [3.63, 3.8) is 0 Å². The lowest BCUT2D eigenvalue weighted by molar-refractivity contribution is -0.133. The van der Waals surface area contributed by atoms with Crippen LogP contribution in [0, 0.1) is 0 Å². The molecule has 1 N–H and O–H groups in total. The Morgan fingerprint density at radius 3 is 2.33 bits per heavy atom. The molecule has 0 bridgehead atoms. The Labute approximate surface area is 97.3 Å². The van der Waals surface area contributed by atoms with E-state index in [0.29, 0.717) is 19.3 Å². The van der Waals surface area contributed by atoms with Gasteiger partial charge in [-0.15, -0.1) is 0 Å². The average Bonchev–Trinajstić information content (AvgIpc) is 2.28. The molecule has 0 aromatic heterocycles. The predicted molar refractivity (Wildman–Crippen MR) is 65.4 cm³/mol. The second-order valence-corrected chi connectivity index (χ2v) is 4.86. The molecule has 0 radical (unpaired) electrons. The van der Waals surface area contributed by atoms with Crippen LogP contribution in [0.5, 0.6) is 0 Å². The molecular weight excluding hydrogens is 210 g/mol. The molecule has 1 fully saturated rings. The van der Waals surface area contributed by atoms with E-state index in [1.54, 1.807) is 0 Å². The van der Waals surface area contributed by atoms with Crippen molar-refractivity contribution in [3.05, 3.63) is 0 Å². The van der Waals surface area contributed by atoms with Crippen LogP contribution in [0.4, 0.5) is 0 Å². The summed E-state index contributed by atoms with van der Waals surface area (Å²) in [7, 11) is 0. The third kappa shape index (κ3) is 5.76. The molecule has 1 aliphatic rings. The van der Waals surface area contributed by atoms with Gasteiger partial charge in [-0.3, -0.25) is 0 Å². The highest BCUT2D eigenvalue weighted by Gasteiger charge is 2.15. The SMILES string of the molecule is CCOC(CNC1CCSCC1)OCC. The Bertz CT molecular complexity index is 146. The van der Waals surface area contributed by atoms with E-state index < -0.39 is 0 Å². The van der Waals surface area contributed by atoms with Crippen molar-refractivity contribution in [1.29, 1.82) is 0 Å². The van der Waals surface area contributed by atoms with E-state index in [9.17, 15) is 0 Å². The van der Waals surface area contributed by atoms with E-state index in [2.05, 4.69) is 17.1 Å². The van der Waals surface area contributed by atoms with Crippen molar-refractivity contribution in [2.75, 3.05) is 31.3 Å². The van der Waals surface area contributed by atoms with Crippen LogP contribution < -0.4 is 5.32 Å². The molecule has 1 saturated heterocycles. The first-order valence-corrected chi connectivity index (χ1v) is 7.06. The quantitative estimate of drug-likeness (QED) is 0.680. The van der Waals surface area contributed by atoms with Crippen LogP contribution in [0.2, 0.25) is 0 Å². The second-order valence-electron chi connectivity index (χ2n) is 3.64. The van der Waals surface area contributed by atoms with E-state index in [0.717, 1.165) is 6.54 Å². The standard InChI is InChI=1S/C11H23NO2S/c1-3-13-11(14-4-2)9-12-10-5-7-15-8-6-10/h10-12H,3-9H2,1-2H3. The van der Waals surface area contributed by atoms with Gasteiger partial charge in [0.25, 0.3) is 0 Å². The minimum absolute atomic E-state index is 0.0745. The highest BCUT2D eigenvalue weighted by molar-refractivity contribution is 7.99. The van der Waals surface area contributed by atoms with Crippen LogP contribution in [0.3, 0.4) is 0 Å². The van der Waals surface area contributed by atoms with E-state index >= 15 is 0 Å². The van der Waals surface area contributed by atoms with Crippen molar-refractivity contribution in [3.8, 4) is 0 Å². The molecule has 90 valence electrons. The molecule has 1 heterocycles. The van der Waals surface area contributed by atoms with E-state index in [-0.39, 0.29) is 6.29 Å². The van der Waals surface area contributed by atoms with Gasteiger partial charge in [0.05, 0.1) is 0 Å². The largest absolute Gasteiger partial charge is 0.352 e. The summed E-state index contributed by atoms with van der Waals surface area (Å²) >= 11 is 2.05. The van der Waals surface area contributed by atoms with Crippen LogP contribution in [0.25, 0.3) is 0 Å². The summed E-state index contributed by atoms with van der Waals surface area (Å²) in [6, 6.07) is 0.662. The summed E-state index contributed by atoms with van der Waals surface area (Å²) in [6.45, 7) is 6.25. The maximum atomic E-state index is 5.48. The minimum Gasteiger partial charge on any atom is -0.352 e. The van der Waals surface area contributed by atoms with E-state index in [1.807, 2.05) is 13.8 Å². The Morgan fingerprint density at radius 1 is 1.20 bits per heavy atom. The molecule has 1 aliphatic heterocycles. The lowest BCUT2D eigenvalue weighted by Gasteiger charge is -2.25. The Morgan fingerprint density at radius 2 is 1.80 bits per heavy atom. The molecule has 0 aromatic carbocycles. The molecule has 0 spiro atoms. The maximum Gasteiger partial charge on any atom is 0.169 e. The van der Waals surface area contributed by atoms with Gasteiger partial charge in [-0.25, -0.2) is 0 Å². The monoisotopic (exact) mass is 233 g/mol. The molecule has 0 aromatic rings. The number of hydrogen-bond donors (Lipinski definition) is 1. The highest BCUT2D eigenvalue weighted by atomic mass is 32.2. The maximum absolute atomic E-state index is 5.48. The van der Waals surface area contributed by atoms with Gasteiger partial charge in [0.15, 0.2) is 6.29 Å². The molecule has 4 heteroatoms. The lowest BCUT2D eigenvalue weighted by atomic mass is 10.1. The summed E-state index contributed by atoms with van der Waals surface area (Å²) in [5, 5.41) is 3.53. The number of thioether (sulfide) groups is 1. The van der Waals surface area contributed by atoms with Gasteiger partial charge in [0.2, 0.25) is 0 Å². The van der Waals surface area contributed by atoms with E-state index in [4.69, 9.17) is 9.47 Å². The zero-order valence-electron chi connectivity index (χ0n) is 9.83. The first-order chi connectivity index (χ1) is 7.36. The molecular formula is C11H23NO2S. The Balaban J connectivity index is 2.13. The number of rotatable bonds is 7. The summed E-state index contributed by atoms with van der Waals surface area (Å²) in [5.41, 5.74) is 0. The van der Waals surface area contributed by atoms with Gasteiger partial charge in [0, 0.05) is 25.8 Å². The number of ether oxygens (including phenoxy) is 2. The number of hydrogen-bond acceptors (Lipinski definition) is 4. The van der Waals surface area contributed by atoms with Crippen molar-refractivity contribution in [2.24, 2.45) is 0 Å². The van der Waals surface area contributed by atoms with Crippen LogP contribution in [-0.2, 0) is 9.47 Å².